The summed E-state index contributed by atoms with van der Waals surface area (Å²) >= 11 is 0. The van der Waals surface area contributed by atoms with Crippen LogP contribution in [-0.4, -0.2) is 24.4 Å². The highest BCUT2D eigenvalue weighted by molar-refractivity contribution is 5.36. The normalized spacial score (nSPS) is 24.8. The molecule has 1 heterocycles. The van der Waals surface area contributed by atoms with E-state index in [1.807, 2.05) is 27.8 Å². The van der Waals surface area contributed by atoms with Gasteiger partial charge >= 0.3 is 0 Å². The van der Waals surface area contributed by atoms with E-state index in [0.717, 1.165) is 17.7 Å². The zero-order valence-corrected chi connectivity index (χ0v) is 13.8. The molecular formula is C17H26FNO2. The summed E-state index contributed by atoms with van der Waals surface area (Å²) in [7, 11) is 1.85. The molecule has 0 bridgehead atoms. The zero-order valence-electron chi connectivity index (χ0n) is 13.8. The largest absolute Gasteiger partial charge is 0.487 e. The molecule has 1 aromatic rings. The van der Waals surface area contributed by atoms with Crippen molar-refractivity contribution in [2.45, 2.75) is 64.4 Å². The quantitative estimate of drug-likeness (QED) is 0.915. The number of halogens is 1. The molecule has 0 spiro atoms. The molecule has 1 aliphatic rings. The Morgan fingerprint density at radius 2 is 2.00 bits per heavy atom. The van der Waals surface area contributed by atoms with Gasteiger partial charge in [-0.05, 0) is 59.9 Å². The van der Waals surface area contributed by atoms with Crippen LogP contribution in [0.4, 0.5) is 4.39 Å². The van der Waals surface area contributed by atoms with E-state index in [9.17, 15) is 4.39 Å². The SMILES string of the molecule is CNC(C)c1cc(F)ccc1OC1CC(C)(C)OC1(C)C. The molecule has 0 aliphatic carbocycles. The Kier molecular flexibility index (Phi) is 4.31. The molecule has 0 aromatic heterocycles. The van der Waals surface area contributed by atoms with Gasteiger partial charge in [0.1, 0.15) is 23.3 Å². The van der Waals surface area contributed by atoms with Crippen molar-refractivity contribution in [2.24, 2.45) is 0 Å². The second-order valence-corrected chi connectivity index (χ2v) is 6.97. The molecule has 1 saturated heterocycles. The lowest BCUT2D eigenvalue weighted by molar-refractivity contribution is -0.0847. The van der Waals surface area contributed by atoms with E-state index in [2.05, 4.69) is 19.2 Å². The standard InChI is InChI=1S/C17H26FNO2/c1-11(19-6)13-9-12(18)7-8-14(13)20-15-10-16(2,3)21-17(15,4)5/h7-9,11,15,19H,10H2,1-6H3. The van der Waals surface area contributed by atoms with E-state index < -0.39 is 0 Å². The molecular weight excluding hydrogens is 269 g/mol. The van der Waals surface area contributed by atoms with Gasteiger partial charge < -0.3 is 14.8 Å². The molecule has 0 amide bonds. The lowest BCUT2D eigenvalue weighted by Gasteiger charge is -2.28. The van der Waals surface area contributed by atoms with Crippen LogP contribution in [0.25, 0.3) is 0 Å². The van der Waals surface area contributed by atoms with Crippen LogP contribution in [0.2, 0.25) is 0 Å². The Morgan fingerprint density at radius 3 is 2.52 bits per heavy atom. The van der Waals surface area contributed by atoms with Crippen molar-refractivity contribution in [3.8, 4) is 5.75 Å². The molecule has 2 rings (SSSR count). The topological polar surface area (TPSA) is 30.5 Å². The summed E-state index contributed by atoms with van der Waals surface area (Å²) in [6, 6.07) is 4.70. The highest BCUT2D eigenvalue weighted by atomic mass is 19.1. The highest BCUT2D eigenvalue weighted by Gasteiger charge is 2.47. The fourth-order valence-corrected chi connectivity index (χ4v) is 2.97. The van der Waals surface area contributed by atoms with Gasteiger partial charge in [-0.25, -0.2) is 4.39 Å². The first-order valence-electron chi connectivity index (χ1n) is 7.48. The van der Waals surface area contributed by atoms with Gasteiger partial charge in [0.2, 0.25) is 0 Å². The van der Waals surface area contributed by atoms with Gasteiger partial charge in [-0.2, -0.15) is 0 Å². The van der Waals surface area contributed by atoms with Crippen LogP contribution in [0.3, 0.4) is 0 Å². The first-order chi connectivity index (χ1) is 9.64. The van der Waals surface area contributed by atoms with E-state index in [0.29, 0.717) is 0 Å². The van der Waals surface area contributed by atoms with Crippen molar-refractivity contribution in [3.63, 3.8) is 0 Å². The van der Waals surface area contributed by atoms with Gasteiger partial charge in [-0.3, -0.25) is 0 Å². The number of rotatable bonds is 4. The Hall–Kier alpha value is -1.13. The fourth-order valence-electron chi connectivity index (χ4n) is 2.97. The van der Waals surface area contributed by atoms with Gasteiger partial charge in [0, 0.05) is 18.0 Å². The second-order valence-electron chi connectivity index (χ2n) is 6.97. The van der Waals surface area contributed by atoms with E-state index in [1.54, 1.807) is 6.07 Å². The third-order valence-electron chi connectivity index (χ3n) is 4.13. The minimum atomic E-state index is -0.363. The monoisotopic (exact) mass is 295 g/mol. The van der Waals surface area contributed by atoms with Gasteiger partial charge in [0.15, 0.2) is 0 Å². The minimum Gasteiger partial charge on any atom is -0.487 e. The lowest BCUT2D eigenvalue weighted by atomic mass is 9.97. The molecule has 1 fully saturated rings. The van der Waals surface area contributed by atoms with Crippen molar-refractivity contribution < 1.29 is 13.9 Å². The van der Waals surface area contributed by atoms with Crippen LogP contribution in [-0.2, 0) is 4.74 Å². The molecule has 0 saturated carbocycles. The first kappa shape index (κ1) is 16.2. The van der Waals surface area contributed by atoms with Crippen LogP contribution in [0.1, 0.15) is 52.6 Å². The molecule has 4 heteroatoms. The Balaban J connectivity index is 2.28. The Labute approximate surface area is 126 Å². The molecule has 0 radical (unpaired) electrons. The predicted molar refractivity (Wildman–Crippen MR) is 82.2 cm³/mol. The first-order valence-corrected chi connectivity index (χ1v) is 7.48. The molecule has 2 atom stereocenters. The third kappa shape index (κ3) is 3.55. The van der Waals surface area contributed by atoms with E-state index in [-0.39, 0.29) is 29.2 Å². The Bertz CT molecular complexity index is 514. The van der Waals surface area contributed by atoms with Gasteiger partial charge in [-0.15, -0.1) is 0 Å². The number of benzene rings is 1. The predicted octanol–water partition coefficient (Wildman–Crippen LogP) is 3.83. The number of hydrogen-bond acceptors (Lipinski definition) is 3. The minimum absolute atomic E-state index is 0.0224. The zero-order chi connectivity index (χ0) is 15.8. The van der Waals surface area contributed by atoms with E-state index in [4.69, 9.17) is 9.47 Å². The lowest BCUT2D eigenvalue weighted by Crippen LogP contribution is -2.37. The van der Waals surface area contributed by atoms with E-state index in [1.165, 1.54) is 12.1 Å². The Morgan fingerprint density at radius 1 is 1.33 bits per heavy atom. The van der Waals surface area contributed by atoms with Gasteiger partial charge in [0.25, 0.3) is 0 Å². The van der Waals surface area contributed by atoms with Crippen molar-refractivity contribution in [1.29, 1.82) is 0 Å². The fraction of sp³-hybridized carbons (Fsp3) is 0.647. The highest BCUT2D eigenvalue weighted by Crippen LogP contribution is 2.40. The average Bonchev–Trinajstić information content (AvgIpc) is 2.58. The van der Waals surface area contributed by atoms with Crippen molar-refractivity contribution in [2.75, 3.05) is 7.05 Å². The van der Waals surface area contributed by atoms with Crippen molar-refractivity contribution in [3.05, 3.63) is 29.6 Å². The molecule has 2 unspecified atom stereocenters. The molecule has 1 aliphatic heterocycles. The number of ether oxygens (including phenoxy) is 2. The van der Waals surface area contributed by atoms with Crippen LogP contribution in [0.5, 0.6) is 5.75 Å². The van der Waals surface area contributed by atoms with Crippen molar-refractivity contribution in [1.82, 2.24) is 5.32 Å². The summed E-state index contributed by atoms with van der Waals surface area (Å²) in [4.78, 5) is 0. The summed E-state index contributed by atoms with van der Waals surface area (Å²) < 4.78 is 25.8. The summed E-state index contributed by atoms with van der Waals surface area (Å²) in [5, 5.41) is 3.13. The summed E-state index contributed by atoms with van der Waals surface area (Å²) in [5.74, 6) is 0.472. The molecule has 3 nitrogen and oxygen atoms in total. The molecule has 21 heavy (non-hydrogen) atoms. The van der Waals surface area contributed by atoms with E-state index >= 15 is 0 Å². The smallest absolute Gasteiger partial charge is 0.130 e. The van der Waals surface area contributed by atoms with Crippen molar-refractivity contribution >= 4 is 0 Å². The van der Waals surface area contributed by atoms with Crippen LogP contribution in [0.15, 0.2) is 18.2 Å². The maximum Gasteiger partial charge on any atom is 0.130 e. The maximum atomic E-state index is 13.5. The van der Waals surface area contributed by atoms with Crippen LogP contribution < -0.4 is 10.1 Å². The average molecular weight is 295 g/mol. The summed E-state index contributed by atoms with van der Waals surface area (Å²) in [6.07, 6.45) is 0.755. The number of hydrogen-bond donors (Lipinski definition) is 1. The van der Waals surface area contributed by atoms with Gasteiger partial charge in [-0.1, -0.05) is 0 Å². The van der Waals surface area contributed by atoms with Gasteiger partial charge in [0.05, 0.1) is 5.60 Å². The molecule has 118 valence electrons. The maximum absolute atomic E-state index is 13.5. The number of nitrogens with one attached hydrogen (secondary N) is 1. The summed E-state index contributed by atoms with van der Waals surface area (Å²) in [6.45, 7) is 10.2. The summed E-state index contributed by atoms with van der Waals surface area (Å²) in [5.41, 5.74) is 0.263. The molecule has 1 N–H and O–H groups in total. The van der Waals surface area contributed by atoms with Crippen LogP contribution >= 0.6 is 0 Å². The molecule has 1 aromatic carbocycles. The van der Waals surface area contributed by atoms with Crippen LogP contribution in [0, 0.1) is 5.82 Å². The third-order valence-corrected chi connectivity index (χ3v) is 4.13. The second kappa shape index (κ2) is 5.58.